The molecule has 33 heavy (non-hydrogen) atoms. The molecule has 0 unspecified atom stereocenters. The van der Waals surface area contributed by atoms with Crippen LogP contribution in [0.15, 0.2) is 36.9 Å². The number of rotatable bonds is 6. The Morgan fingerprint density at radius 3 is 2.55 bits per heavy atom. The summed E-state index contributed by atoms with van der Waals surface area (Å²) in [5.41, 5.74) is 3.90. The number of ether oxygens (including phenoxy) is 2. The van der Waals surface area contributed by atoms with E-state index in [-0.39, 0.29) is 6.10 Å². The van der Waals surface area contributed by atoms with E-state index in [1.54, 1.807) is 18.7 Å². The number of hydrogen-bond acceptors (Lipinski definition) is 8. The lowest BCUT2D eigenvalue weighted by atomic mass is 9.93. The second-order valence-corrected chi connectivity index (χ2v) is 9.19. The maximum atomic E-state index is 6.54. The zero-order valence-electron chi connectivity index (χ0n) is 19.4. The summed E-state index contributed by atoms with van der Waals surface area (Å²) in [5, 5.41) is 3.59. The summed E-state index contributed by atoms with van der Waals surface area (Å²) in [5.74, 6) is 2.14. The quantitative estimate of drug-likeness (QED) is 0.601. The zero-order chi connectivity index (χ0) is 22.6. The van der Waals surface area contributed by atoms with Crippen molar-refractivity contribution in [1.29, 1.82) is 0 Å². The summed E-state index contributed by atoms with van der Waals surface area (Å²) in [7, 11) is 0. The van der Waals surface area contributed by atoms with Gasteiger partial charge >= 0.3 is 0 Å². The molecule has 1 aromatic carbocycles. The maximum absolute atomic E-state index is 6.54. The van der Waals surface area contributed by atoms with Crippen molar-refractivity contribution >= 4 is 22.5 Å². The van der Waals surface area contributed by atoms with Gasteiger partial charge in [-0.05, 0) is 37.7 Å². The molecule has 1 saturated heterocycles. The van der Waals surface area contributed by atoms with Crippen molar-refractivity contribution in [3.05, 3.63) is 42.6 Å². The molecule has 0 atom stereocenters. The van der Waals surface area contributed by atoms with Gasteiger partial charge in [-0.15, -0.1) is 0 Å². The van der Waals surface area contributed by atoms with Crippen molar-refractivity contribution in [1.82, 2.24) is 19.9 Å². The third-order valence-electron chi connectivity index (χ3n) is 6.50. The van der Waals surface area contributed by atoms with Crippen LogP contribution in [-0.4, -0.2) is 58.4 Å². The Kier molecular flexibility index (Phi) is 6.53. The van der Waals surface area contributed by atoms with Gasteiger partial charge in [-0.1, -0.05) is 13.8 Å². The van der Waals surface area contributed by atoms with Crippen LogP contribution in [0.4, 0.5) is 11.5 Å². The molecule has 1 aliphatic carbocycles. The van der Waals surface area contributed by atoms with Crippen LogP contribution in [0, 0.1) is 0 Å². The summed E-state index contributed by atoms with van der Waals surface area (Å²) in [6.07, 6.45) is 9.36. The molecule has 0 radical (unpaired) electrons. The monoisotopic (exact) mass is 448 g/mol. The molecule has 1 N–H and O–H groups in total. The van der Waals surface area contributed by atoms with E-state index < -0.39 is 0 Å². The molecular weight excluding hydrogens is 416 g/mol. The van der Waals surface area contributed by atoms with Gasteiger partial charge in [-0.2, -0.15) is 0 Å². The highest BCUT2D eigenvalue weighted by Crippen LogP contribution is 2.33. The third-order valence-corrected chi connectivity index (χ3v) is 6.50. The van der Waals surface area contributed by atoms with Crippen molar-refractivity contribution in [2.75, 3.05) is 36.5 Å². The summed E-state index contributed by atoms with van der Waals surface area (Å²) < 4.78 is 12.1. The highest BCUT2D eigenvalue weighted by molar-refractivity contribution is 5.85. The molecule has 3 heterocycles. The highest BCUT2D eigenvalue weighted by Gasteiger charge is 2.24. The van der Waals surface area contributed by atoms with E-state index in [0.717, 1.165) is 86.0 Å². The first-order valence-electron chi connectivity index (χ1n) is 12.0. The number of hydrogen-bond donors (Lipinski definition) is 1. The van der Waals surface area contributed by atoms with E-state index >= 15 is 0 Å². The highest BCUT2D eigenvalue weighted by atomic mass is 16.5. The van der Waals surface area contributed by atoms with Gasteiger partial charge in [0.15, 0.2) is 0 Å². The van der Waals surface area contributed by atoms with E-state index in [4.69, 9.17) is 9.47 Å². The van der Waals surface area contributed by atoms with Crippen LogP contribution in [0.1, 0.15) is 51.1 Å². The Bertz CT molecular complexity index is 1080. The van der Waals surface area contributed by atoms with Crippen molar-refractivity contribution in [3.63, 3.8) is 0 Å². The number of nitrogens with one attached hydrogen (secondary N) is 1. The van der Waals surface area contributed by atoms with Gasteiger partial charge in [0.05, 0.1) is 24.8 Å². The molecule has 2 aliphatic rings. The van der Waals surface area contributed by atoms with Gasteiger partial charge in [-0.25, -0.2) is 15.0 Å². The van der Waals surface area contributed by atoms with E-state index in [1.165, 1.54) is 0 Å². The minimum atomic E-state index is 0.171. The van der Waals surface area contributed by atoms with Crippen LogP contribution in [-0.2, 0) is 4.74 Å². The Morgan fingerprint density at radius 1 is 0.970 bits per heavy atom. The van der Waals surface area contributed by atoms with Gasteiger partial charge in [0.25, 0.3) is 0 Å². The van der Waals surface area contributed by atoms with E-state index in [1.807, 2.05) is 0 Å². The molecule has 3 aromatic rings. The molecule has 2 aromatic heterocycles. The first-order chi connectivity index (χ1) is 16.2. The molecule has 5 rings (SSSR count). The first kappa shape index (κ1) is 21.8. The van der Waals surface area contributed by atoms with E-state index in [9.17, 15) is 0 Å². The van der Waals surface area contributed by atoms with Crippen molar-refractivity contribution in [2.24, 2.45) is 0 Å². The van der Waals surface area contributed by atoms with Crippen LogP contribution in [0.25, 0.3) is 11.0 Å². The first-order valence-corrected chi connectivity index (χ1v) is 12.0. The molecule has 0 bridgehead atoms. The summed E-state index contributed by atoms with van der Waals surface area (Å²) in [4.78, 5) is 20.2. The number of anilines is 2. The van der Waals surface area contributed by atoms with Crippen molar-refractivity contribution < 1.29 is 9.47 Å². The molecule has 8 nitrogen and oxygen atoms in total. The van der Waals surface area contributed by atoms with Crippen molar-refractivity contribution in [3.8, 4) is 5.75 Å². The summed E-state index contributed by atoms with van der Waals surface area (Å²) >= 11 is 0. The molecule has 8 heteroatoms. The maximum Gasteiger partial charge on any atom is 0.149 e. The van der Waals surface area contributed by atoms with Crippen LogP contribution in [0.2, 0.25) is 0 Å². The predicted octanol–water partition coefficient (Wildman–Crippen LogP) is 4.18. The largest absolute Gasteiger partial charge is 0.488 e. The molecule has 0 spiro atoms. The Balaban J connectivity index is 1.26. The van der Waals surface area contributed by atoms with E-state index in [0.29, 0.717) is 12.0 Å². The van der Waals surface area contributed by atoms with Crippen LogP contribution >= 0.6 is 0 Å². The Labute approximate surface area is 194 Å². The van der Waals surface area contributed by atoms with E-state index in [2.05, 4.69) is 62.2 Å². The fourth-order valence-corrected chi connectivity index (χ4v) is 4.60. The van der Waals surface area contributed by atoms with Gasteiger partial charge in [0, 0.05) is 55.0 Å². The third kappa shape index (κ3) is 5.16. The SMILES string of the molecule is CC(C)c1cc(NC2CCC(Oc3cc(N4CCOCC4)cc4nccnc34)CC2)ncn1. The van der Waals surface area contributed by atoms with Crippen LogP contribution in [0.3, 0.4) is 0 Å². The standard InChI is InChI=1S/C25H32N6O2/c1-17(2)21-15-24(29-16-28-21)30-18-3-5-20(6-4-18)33-23-14-19(31-9-11-32-12-10-31)13-22-25(23)27-8-7-26-22/h7-8,13-18,20H,3-6,9-12H2,1-2H3,(H,28,29,30). The second-order valence-electron chi connectivity index (χ2n) is 9.19. The fourth-order valence-electron chi connectivity index (χ4n) is 4.60. The number of morpholine rings is 1. The number of aromatic nitrogens is 4. The molecular formula is C25H32N6O2. The average molecular weight is 449 g/mol. The van der Waals surface area contributed by atoms with Gasteiger partial charge in [-0.3, -0.25) is 4.98 Å². The molecule has 2 fully saturated rings. The topological polar surface area (TPSA) is 85.3 Å². The average Bonchev–Trinajstić information content (AvgIpc) is 2.86. The number of nitrogens with zero attached hydrogens (tertiary/aromatic N) is 5. The normalized spacial score (nSPS) is 21.4. The minimum absolute atomic E-state index is 0.171. The predicted molar refractivity (Wildman–Crippen MR) is 129 cm³/mol. The Morgan fingerprint density at radius 2 is 1.76 bits per heavy atom. The summed E-state index contributed by atoms with van der Waals surface area (Å²) in [6, 6.07) is 6.70. The molecule has 0 amide bonds. The fraction of sp³-hybridized carbons (Fsp3) is 0.520. The summed E-state index contributed by atoms with van der Waals surface area (Å²) in [6.45, 7) is 7.55. The van der Waals surface area contributed by atoms with Gasteiger partial charge in [0.2, 0.25) is 0 Å². The lowest BCUT2D eigenvalue weighted by Gasteiger charge is -2.31. The second kappa shape index (κ2) is 9.87. The van der Waals surface area contributed by atoms with Gasteiger partial charge < -0.3 is 19.7 Å². The van der Waals surface area contributed by atoms with Gasteiger partial charge in [0.1, 0.15) is 23.4 Å². The smallest absolute Gasteiger partial charge is 0.149 e. The molecule has 1 saturated carbocycles. The number of fused-ring (bicyclic) bond motifs is 1. The lowest BCUT2D eigenvalue weighted by molar-refractivity contribution is 0.122. The lowest BCUT2D eigenvalue weighted by Crippen LogP contribution is -2.36. The van der Waals surface area contributed by atoms with Crippen LogP contribution in [0.5, 0.6) is 5.75 Å². The minimum Gasteiger partial charge on any atom is -0.488 e. The van der Waals surface area contributed by atoms with Crippen LogP contribution < -0.4 is 15.0 Å². The molecule has 1 aliphatic heterocycles. The number of benzene rings is 1. The zero-order valence-corrected chi connectivity index (χ0v) is 19.4. The Hall–Kier alpha value is -3.00. The van der Waals surface area contributed by atoms with Crippen molar-refractivity contribution in [2.45, 2.75) is 57.6 Å². The molecule has 174 valence electrons.